The van der Waals surface area contributed by atoms with E-state index < -0.39 is 11.7 Å². The topological polar surface area (TPSA) is 41.6 Å². The summed E-state index contributed by atoms with van der Waals surface area (Å²) in [7, 11) is 4.74. The van der Waals surface area contributed by atoms with E-state index in [1.807, 2.05) is 0 Å². The Morgan fingerprint density at radius 1 is 1.47 bits per heavy atom. The van der Waals surface area contributed by atoms with Gasteiger partial charge in [0.2, 0.25) is 0 Å². The number of carbonyl (C=O) groups is 1. The van der Waals surface area contributed by atoms with Gasteiger partial charge in [-0.1, -0.05) is 0 Å². The molecule has 4 nitrogen and oxygen atoms in total. The predicted molar refractivity (Wildman–Crippen MR) is 54.1 cm³/mol. The van der Waals surface area contributed by atoms with Crippen LogP contribution in [0.3, 0.4) is 0 Å². The van der Waals surface area contributed by atoms with Crippen molar-refractivity contribution in [2.24, 2.45) is 0 Å². The van der Waals surface area contributed by atoms with E-state index in [-0.39, 0.29) is 5.56 Å². The molecule has 1 aromatic rings. The molecule has 1 N–H and O–H groups in total. The molecule has 1 rings (SSSR count). The number of benzene rings is 1. The van der Waals surface area contributed by atoms with Crippen LogP contribution < -0.4 is 10.2 Å². The van der Waals surface area contributed by atoms with E-state index in [2.05, 4.69) is 5.43 Å². The van der Waals surface area contributed by atoms with Gasteiger partial charge in [-0.15, -0.1) is 0 Å². The molecule has 0 saturated heterocycles. The van der Waals surface area contributed by atoms with E-state index in [4.69, 9.17) is 4.74 Å². The second-order valence-electron chi connectivity index (χ2n) is 3.18. The lowest BCUT2D eigenvalue weighted by atomic mass is 10.2. The quantitative estimate of drug-likeness (QED) is 0.761. The number of hydrogen-bond acceptors (Lipinski definition) is 3. The number of amides is 1. The van der Waals surface area contributed by atoms with Gasteiger partial charge in [0.15, 0.2) is 0 Å². The normalized spacial score (nSPS) is 10.2. The van der Waals surface area contributed by atoms with Crippen molar-refractivity contribution < 1.29 is 13.9 Å². The molecular weight excluding hydrogens is 199 g/mol. The van der Waals surface area contributed by atoms with Crippen molar-refractivity contribution in [3.05, 3.63) is 29.6 Å². The first-order valence-corrected chi connectivity index (χ1v) is 4.36. The number of rotatable bonds is 3. The molecule has 0 aliphatic heterocycles. The van der Waals surface area contributed by atoms with Crippen LogP contribution in [0, 0.1) is 5.82 Å². The van der Waals surface area contributed by atoms with Gasteiger partial charge in [0, 0.05) is 20.2 Å². The van der Waals surface area contributed by atoms with Crippen LogP contribution in [-0.2, 0) is 0 Å². The highest BCUT2D eigenvalue weighted by atomic mass is 19.1. The zero-order valence-electron chi connectivity index (χ0n) is 8.87. The second kappa shape index (κ2) is 4.75. The molecule has 1 aromatic carbocycles. The summed E-state index contributed by atoms with van der Waals surface area (Å²) in [5, 5.41) is 1.45. The third-order valence-electron chi connectivity index (χ3n) is 1.75. The van der Waals surface area contributed by atoms with Crippen LogP contribution in [0.4, 0.5) is 4.39 Å². The third kappa shape index (κ3) is 2.92. The average Bonchev–Trinajstić information content (AvgIpc) is 2.16. The lowest BCUT2D eigenvalue weighted by Crippen LogP contribution is -2.36. The molecule has 1 amide bonds. The summed E-state index contributed by atoms with van der Waals surface area (Å²) in [6, 6.07) is 4.09. The summed E-state index contributed by atoms with van der Waals surface area (Å²) in [5.41, 5.74) is 2.44. The van der Waals surface area contributed by atoms with Crippen molar-refractivity contribution in [3.8, 4) is 5.75 Å². The summed E-state index contributed by atoms with van der Waals surface area (Å²) in [4.78, 5) is 11.4. The molecule has 0 aromatic heterocycles. The van der Waals surface area contributed by atoms with Crippen molar-refractivity contribution in [1.82, 2.24) is 10.4 Å². The number of hydrogen-bond donors (Lipinski definition) is 1. The van der Waals surface area contributed by atoms with Gasteiger partial charge in [-0.2, -0.15) is 0 Å². The summed E-state index contributed by atoms with van der Waals surface area (Å²) >= 11 is 0. The fourth-order valence-corrected chi connectivity index (χ4v) is 1.07. The monoisotopic (exact) mass is 212 g/mol. The zero-order valence-corrected chi connectivity index (χ0v) is 8.87. The van der Waals surface area contributed by atoms with Gasteiger partial charge in [-0.25, -0.2) is 9.40 Å². The Kier molecular flexibility index (Phi) is 3.62. The van der Waals surface area contributed by atoms with Crippen LogP contribution >= 0.6 is 0 Å². The van der Waals surface area contributed by atoms with Crippen LogP contribution in [0.5, 0.6) is 5.75 Å². The van der Waals surface area contributed by atoms with Gasteiger partial charge in [0.25, 0.3) is 5.91 Å². The zero-order chi connectivity index (χ0) is 11.4. The molecular formula is C10H13FN2O2. The van der Waals surface area contributed by atoms with Gasteiger partial charge in [0.1, 0.15) is 11.6 Å². The molecule has 15 heavy (non-hydrogen) atoms. The minimum absolute atomic E-state index is 0.00972. The van der Waals surface area contributed by atoms with Gasteiger partial charge < -0.3 is 4.74 Å². The van der Waals surface area contributed by atoms with Crippen molar-refractivity contribution in [3.63, 3.8) is 0 Å². The maximum atomic E-state index is 13.4. The van der Waals surface area contributed by atoms with Crippen LogP contribution in [-0.4, -0.2) is 32.1 Å². The molecule has 0 bridgehead atoms. The highest BCUT2D eigenvalue weighted by Gasteiger charge is 2.12. The van der Waals surface area contributed by atoms with Gasteiger partial charge >= 0.3 is 0 Å². The van der Waals surface area contributed by atoms with Crippen molar-refractivity contribution in [2.45, 2.75) is 0 Å². The Bertz CT molecular complexity index is 366. The van der Waals surface area contributed by atoms with E-state index in [0.29, 0.717) is 5.75 Å². The van der Waals surface area contributed by atoms with Crippen LogP contribution in [0.25, 0.3) is 0 Å². The highest BCUT2D eigenvalue weighted by Crippen LogP contribution is 2.15. The smallest absolute Gasteiger partial charge is 0.268 e. The lowest BCUT2D eigenvalue weighted by Gasteiger charge is -2.12. The van der Waals surface area contributed by atoms with Crippen molar-refractivity contribution >= 4 is 5.91 Å². The van der Waals surface area contributed by atoms with Crippen molar-refractivity contribution in [2.75, 3.05) is 21.2 Å². The number of hydrazine groups is 1. The standard InChI is InChI=1S/C10H13FN2O2/c1-13(2)12-10(14)8-5-4-7(15-3)6-9(8)11/h4-6H,1-3H3,(H,12,14). The molecule has 5 heteroatoms. The Hall–Kier alpha value is -1.62. The molecule has 0 spiro atoms. The second-order valence-corrected chi connectivity index (χ2v) is 3.18. The van der Waals surface area contributed by atoms with E-state index in [1.165, 1.54) is 30.3 Å². The molecule has 0 unspecified atom stereocenters. The predicted octanol–water partition coefficient (Wildman–Crippen LogP) is 1.04. The number of nitrogens with zero attached hydrogens (tertiary/aromatic N) is 1. The van der Waals surface area contributed by atoms with Gasteiger partial charge in [-0.05, 0) is 12.1 Å². The largest absolute Gasteiger partial charge is 0.497 e. The number of methoxy groups -OCH3 is 1. The number of halogens is 1. The summed E-state index contributed by atoms with van der Waals surface area (Å²) in [6.45, 7) is 0. The molecule has 0 aliphatic carbocycles. The van der Waals surface area contributed by atoms with Crippen LogP contribution in [0.1, 0.15) is 10.4 Å². The van der Waals surface area contributed by atoms with Gasteiger partial charge in [-0.3, -0.25) is 10.2 Å². The fraction of sp³-hybridized carbons (Fsp3) is 0.300. The molecule has 0 aliphatic rings. The highest BCUT2D eigenvalue weighted by molar-refractivity contribution is 5.94. The first-order chi connectivity index (χ1) is 7.04. The maximum Gasteiger partial charge on any atom is 0.268 e. The molecule has 0 saturated carbocycles. The molecule has 0 heterocycles. The molecule has 0 fully saturated rings. The first-order valence-electron chi connectivity index (χ1n) is 4.36. The Balaban J connectivity index is 2.90. The third-order valence-corrected chi connectivity index (χ3v) is 1.75. The average molecular weight is 212 g/mol. The van der Waals surface area contributed by atoms with E-state index in [0.717, 1.165) is 0 Å². The fourth-order valence-electron chi connectivity index (χ4n) is 1.07. The van der Waals surface area contributed by atoms with E-state index in [9.17, 15) is 9.18 Å². The molecule has 82 valence electrons. The van der Waals surface area contributed by atoms with Gasteiger partial charge in [0.05, 0.1) is 12.7 Å². The summed E-state index contributed by atoms with van der Waals surface area (Å²) in [6.07, 6.45) is 0. The lowest BCUT2D eigenvalue weighted by molar-refractivity contribution is 0.0852. The number of carbonyl (C=O) groups excluding carboxylic acids is 1. The van der Waals surface area contributed by atoms with Crippen LogP contribution in [0.2, 0.25) is 0 Å². The Morgan fingerprint density at radius 3 is 2.60 bits per heavy atom. The maximum absolute atomic E-state index is 13.4. The van der Waals surface area contributed by atoms with E-state index in [1.54, 1.807) is 14.1 Å². The van der Waals surface area contributed by atoms with Crippen molar-refractivity contribution in [1.29, 1.82) is 0 Å². The first kappa shape index (κ1) is 11.5. The van der Waals surface area contributed by atoms with E-state index >= 15 is 0 Å². The Morgan fingerprint density at radius 2 is 2.13 bits per heavy atom. The number of nitrogens with one attached hydrogen (secondary N) is 1. The minimum Gasteiger partial charge on any atom is -0.497 e. The summed E-state index contributed by atoms with van der Waals surface area (Å²) in [5.74, 6) is -0.706. The van der Waals surface area contributed by atoms with Crippen LogP contribution in [0.15, 0.2) is 18.2 Å². The SMILES string of the molecule is COc1ccc(C(=O)NN(C)C)c(F)c1. The molecule has 0 radical (unpaired) electrons. The summed E-state index contributed by atoms with van der Waals surface area (Å²) < 4.78 is 18.2. The molecule has 0 atom stereocenters. The minimum atomic E-state index is -0.603. The number of ether oxygens (including phenoxy) is 1. The Labute approximate surface area is 87.6 Å².